The van der Waals surface area contributed by atoms with Gasteiger partial charge in [0.15, 0.2) is 5.43 Å². The molecule has 0 unspecified atom stereocenters. The first-order chi connectivity index (χ1) is 15.3. The van der Waals surface area contributed by atoms with E-state index in [2.05, 4.69) is 10.3 Å². The quantitative estimate of drug-likeness (QED) is 0.460. The van der Waals surface area contributed by atoms with Crippen LogP contribution in [0.5, 0.6) is 0 Å². The molecule has 0 aliphatic heterocycles. The lowest BCUT2D eigenvalue weighted by Gasteiger charge is -2.11. The van der Waals surface area contributed by atoms with E-state index in [0.717, 1.165) is 12.1 Å². The van der Waals surface area contributed by atoms with Gasteiger partial charge < -0.3 is 10.3 Å². The Balaban J connectivity index is 1.90. The van der Waals surface area contributed by atoms with Gasteiger partial charge in [-0.2, -0.15) is 5.26 Å². The number of hydrogen-bond donors (Lipinski definition) is 2. The molecule has 0 saturated heterocycles. The molecule has 0 saturated carbocycles. The van der Waals surface area contributed by atoms with Crippen LogP contribution in [-0.2, 0) is 0 Å². The zero-order valence-electron chi connectivity index (χ0n) is 16.6. The van der Waals surface area contributed by atoms with Gasteiger partial charge in [0.05, 0.1) is 33.8 Å². The number of fused-ring (bicyclic) bond motifs is 1. The van der Waals surface area contributed by atoms with Crippen molar-refractivity contribution in [3.63, 3.8) is 0 Å². The molecule has 4 aromatic rings. The van der Waals surface area contributed by atoms with Crippen LogP contribution >= 0.6 is 11.6 Å². The number of hydrogen-bond acceptors (Lipinski definition) is 3. The minimum atomic E-state index is -1.02. The van der Waals surface area contributed by atoms with Crippen molar-refractivity contribution in [1.82, 2.24) is 10.3 Å². The lowest BCUT2D eigenvalue weighted by molar-refractivity contribution is 0.0963. The molecular formula is C24H14ClF2N3O2. The zero-order valence-corrected chi connectivity index (χ0v) is 17.3. The summed E-state index contributed by atoms with van der Waals surface area (Å²) in [6.07, 6.45) is 0. The molecule has 1 aromatic heterocycles. The number of nitrogens with one attached hydrogen (secondary N) is 2. The van der Waals surface area contributed by atoms with Crippen molar-refractivity contribution in [1.29, 1.82) is 5.26 Å². The van der Waals surface area contributed by atoms with Crippen LogP contribution in [0, 0.1) is 23.0 Å². The molecule has 1 amide bonds. The number of H-pyrrole nitrogens is 1. The predicted molar refractivity (Wildman–Crippen MR) is 118 cm³/mol. The highest BCUT2D eigenvalue weighted by Crippen LogP contribution is 2.32. The third kappa shape index (κ3) is 3.61. The number of aromatic nitrogens is 1. The van der Waals surface area contributed by atoms with Crippen LogP contribution in [0.1, 0.15) is 15.9 Å². The monoisotopic (exact) mass is 449 g/mol. The Morgan fingerprint density at radius 1 is 1.09 bits per heavy atom. The van der Waals surface area contributed by atoms with Gasteiger partial charge in [0.25, 0.3) is 5.91 Å². The summed E-state index contributed by atoms with van der Waals surface area (Å²) >= 11 is 6.20. The minimum absolute atomic E-state index is 0.0494. The summed E-state index contributed by atoms with van der Waals surface area (Å²) in [4.78, 5) is 27.3. The van der Waals surface area contributed by atoms with E-state index >= 15 is 4.39 Å². The zero-order chi connectivity index (χ0) is 23.0. The fourth-order valence-electron chi connectivity index (χ4n) is 3.49. The number of rotatable bonds is 3. The summed E-state index contributed by atoms with van der Waals surface area (Å²) in [5, 5.41) is 11.5. The summed E-state index contributed by atoms with van der Waals surface area (Å²) in [5.41, 5.74) is 0.326. The molecule has 158 valence electrons. The second kappa shape index (κ2) is 8.25. The third-order valence-electron chi connectivity index (χ3n) is 5.06. The van der Waals surface area contributed by atoms with Crippen molar-refractivity contribution in [3.05, 3.63) is 92.6 Å². The SMILES string of the molecule is CNC(=O)c1ccc(-c2c(F)cc3[nH]c(-c4cc(C#N)ccc4Cl)cc(=O)c3c2F)cc1. The number of carbonyl (C=O) groups excluding carboxylic acids is 1. The van der Waals surface area contributed by atoms with Crippen molar-refractivity contribution in [3.8, 4) is 28.5 Å². The van der Waals surface area contributed by atoms with E-state index < -0.39 is 17.1 Å². The van der Waals surface area contributed by atoms with Crippen molar-refractivity contribution >= 4 is 28.4 Å². The molecule has 0 radical (unpaired) electrons. The van der Waals surface area contributed by atoms with E-state index in [1.54, 1.807) is 0 Å². The van der Waals surface area contributed by atoms with Gasteiger partial charge in [0, 0.05) is 29.3 Å². The fourth-order valence-corrected chi connectivity index (χ4v) is 3.71. The second-order valence-electron chi connectivity index (χ2n) is 6.98. The highest BCUT2D eigenvalue weighted by Gasteiger charge is 2.20. The van der Waals surface area contributed by atoms with Crippen LogP contribution in [0.3, 0.4) is 0 Å². The summed E-state index contributed by atoms with van der Waals surface area (Å²) in [6, 6.07) is 14.4. The highest BCUT2D eigenvalue weighted by atomic mass is 35.5. The van der Waals surface area contributed by atoms with Crippen molar-refractivity contribution in [2.24, 2.45) is 0 Å². The molecule has 5 nitrogen and oxygen atoms in total. The molecule has 8 heteroatoms. The van der Waals surface area contributed by atoms with Crippen molar-refractivity contribution in [2.45, 2.75) is 0 Å². The second-order valence-corrected chi connectivity index (χ2v) is 7.39. The van der Waals surface area contributed by atoms with Gasteiger partial charge in [-0.05, 0) is 42.0 Å². The molecule has 0 fully saturated rings. The Bertz CT molecular complexity index is 1490. The van der Waals surface area contributed by atoms with Crippen LogP contribution in [-0.4, -0.2) is 17.9 Å². The Hall–Kier alpha value is -4.02. The number of pyridine rings is 1. The van der Waals surface area contributed by atoms with E-state index in [1.807, 2.05) is 6.07 Å². The summed E-state index contributed by atoms with van der Waals surface area (Å²) in [6.45, 7) is 0. The van der Waals surface area contributed by atoms with Gasteiger partial charge in [0.2, 0.25) is 0 Å². The third-order valence-corrected chi connectivity index (χ3v) is 5.39. The van der Waals surface area contributed by atoms with E-state index in [1.165, 1.54) is 49.5 Å². The molecule has 0 aliphatic carbocycles. The molecule has 2 N–H and O–H groups in total. The Kier molecular flexibility index (Phi) is 5.47. The number of amides is 1. The van der Waals surface area contributed by atoms with Gasteiger partial charge in [-0.3, -0.25) is 9.59 Å². The van der Waals surface area contributed by atoms with Crippen LogP contribution in [0.25, 0.3) is 33.3 Å². The number of benzene rings is 3. The Labute approximate surface area is 185 Å². The first-order valence-corrected chi connectivity index (χ1v) is 9.79. The molecule has 0 aliphatic rings. The van der Waals surface area contributed by atoms with Gasteiger partial charge in [-0.15, -0.1) is 0 Å². The number of halogens is 3. The summed E-state index contributed by atoms with van der Waals surface area (Å²) in [5.74, 6) is -2.23. The normalized spacial score (nSPS) is 10.7. The van der Waals surface area contributed by atoms with Crippen LogP contribution in [0.4, 0.5) is 8.78 Å². The molecule has 3 aromatic carbocycles. The molecule has 1 heterocycles. The highest BCUT2D eigenvalue weighted by molar-refractivity contribution is 6.33. The maximum absolute atomic E-state index is 15.3. The number of nitriles is 1. The van der Waals surface area contributed by atoms with Gasteiger partial charge >= 0.3 is 0 Å². The molecule has 32 heavy (non-hydrogen) atoms. The predicted octanol–water partition coefficient (Wildman–Crippen LogP) is 5.02. The first kappa shape index (κ1) is 21.2. The lowest BCUT2D eigenvalue weighted by atomic mass is 9.99. The summed E-state index contributed by atoms with van der Waals surface area (Å²) in [7, 11) is 1.48. The maximum Gasteiger partial charge on any atom is 0.251 e. The van der Waals surface area contributed by atoms with Crippen LogP contribution in [0.15, 0.2) is 59.4 Å². The fraction of sp³-hybridized carbons (Fsp3) is 0.0417. The van der Waals surface area contributed by atoms with Crippen molar-refractivity contribution in [2.75, 3.05) is 7.05 Å². The maximum atomic E-state index is 15.3. The standard InChI is InChI=1S/C24H14ClF2N3O2/c1-29-24(32)14-5-3-13(4-6-14)21-17(26)9-19-22(23(21)27)20(31)10-18(30-19)15-8-12(11-28)2-7-16(15)25/h2-10H,1H3,(H,29,32)(H,30,31). The van der Waals surface area contributed by atoms with Crippen LogP contribution in [0.2, 0.25) is 5.02 Å². The molecule has 0 atom stereocenters. The van der Waals surface area contributed by atoms with E-state index in [4.69, 9.17) is 16.9 Å². The van der Waals surface area contributed by atoms with Gasteiger partial charge in [0.1, 0.15) is 11.6 Å². The van der Waals surface area contributed by atoms with E-state index in [-0.39, 0.29) is 38.7 Å². The average Bonchev–Trinajstić information content (AvgIpc) is 2.78. The largest absolute Gasteiger partial charge is 0.355 e. The van der Waals surface area contributed by atoms with E-state index in [0.29, 0.717) is 16.7 Å². The first-order valence-electron chi connectivity index (χ1n) is 9.41. The Morgan fingerprint density at radius 2 is 1.81 bits per heavy atom. The lowest BCUT2D eigenvalue weighted by Crippen LogP contribution is -2.17. The smallest absolute Gasteiger partial charge is 0.251 e. The minimum Gasteiger partial charge on any atom is -0.355 e. The molecular weight excluding hydrogens is 436 g/mol. The van der Waals surface area contributed by atoms with Crippen LogP contribution < -0.4 is 10.7 Å². The number of carbonyl (C=O) groups is 1. The van der Waals surface area contributed by atoms with Gasteiger partial charge in [-0.1, -0.05) is 23.7 Å². The van der Waals surface area contributed by atoms with Gasteiger partial charge in [-0.25, -0.2) is 8.78 Å². The molecule has 4 rings (SSSR count). The van der Waals surface area contributed by atoms with E-state index in [9.17, 15) is 14.0 Å². The number of aromatic amines is 1. The van der Waals surface area contributed by atoms with Crippen molar-refractivity contribution < 1.29 is 13.6 Å². The molecule has 0 bridgehead atoms. The average molecular weight is 450 g/mol. The topological polar surface area (TPSA) is 85.8 Å². The Morgan fingerprint density at radius 3 is 2.47 bits per heavy atom. The molecule has 0 spiro atoms. The summed E-state index contributed by atoms with van der Waals surface area (Å²) < 4.78 is 30.3. The number of nitrogens with zero attached hydrogens (tertiary/aromatic N) is 1.